The number of rotatable bonds is 6. The van der Waals surface area contributed by atoms with Crippen molar-refractivity contribution in [1.82, 2.24) is 9.78 Å². The van der Waals surface area contributed by atoms with Gasteiger partial charge in [-0.25, -0.2) is 0 Å². The monoisotopic (exact) mass is 272 g/mol. The quantitative estimate of drug-likeness (QED) is 0.847. The molecule has 0 fully saturated rings. The second kappa shape index (κ2) is 6.86. The number of anilines is 1. The van der Waals surface area contributed by atoms with Crippen LogP contribution in [0.15, 0.2) is 42.7 Å². The van der Waals surface area contributed by atoms with E-state index in [0.29, 0.717) is 12.8 Å². The molecule has 1 atom stereocenters. The molecule has 2 rings (SSSR count). The summed E-state index contributed by atoms with van der Waals surface area (Å²) < 4.78 is 1.77. The lowest BCUT2D eigenvalue weighted by Gasteiger charge is -2.11. The summed E-state index contributed by atoms with van der Waals surface area (Å²) in [6.45, 7) is 2.78. The van der Waals surface area contributed by atoms with Crippen molar-refractivity contribution in [3.63, 3.8) is 0 Å². The molecule has 0 saturated carbocycles. The largest absolute Gasteiger partial charge is 0.324 e. The zero-order valence-electron chi connectivity index (χ0n) is 11.6. The molecule has 1 amide bonds. The number of hydrogen-bond acceptors (Lipinski definition) is 3. The van der Waals surface area contributed by atoms with E-state index in [1.165, 1.54) is 0 Å². The molecule has 1 heterocycles. The van der Waals surface area contributed by atoms with Gasteiger partial charge in [-0.05, 0) is 18.9 Å². The summed E-state index contributed by atoms with van der Waals surface area (Å²) in [5.41, 5.74) is 7.85. The number of nitrogens with one attached hydrogen (secondary N) is 1. The Morgan fingerprint density at radius 1 is 1.40 bits per heavy atom. The fourth-order valence-electron chi connectivity index (χ4n) is 1.98. The molecule has 5 heteroatoms. The molecule has 5 nitrogen and oxygen atoms in total. The second-order valence-electron chi connectivity index (χ2n) is 4.69. The minimum absolute atomic E-state index is 0.0352. The van der Waals surface area contributed by atoms with Crippen LogP contribution in [0.2, 0.25) is 0 Å². The van der Waals surface area contributed by atoms with E-state index >= 15 is 0 Å². The van der Waals surface area contributed by atoms with Crippen molar-refractivity contribution in [2.45, 2.75) is 32.4 Å². The maximum absolute atomic E-state index is 11.8. The summed E-state index contributed by atoms with van der Waals surface area (Å²) in [4.78, 5) is 11.8. The van der Waals surface area contributed by atoms with E-state index in [4.69, 9.17) is 5.73 Å². The zero-order chi connectivity index (χ0) is 14.4. The summed E-state index contributed by atoms with van der Waals surface area (Å²) in [5.74, 6) is -0.0352. The lowest BCUT2D eigenvalue weighted by molar-refractivity contribution is -0.116. The molecule has 106 valence electrons. The van der Waals surface area contributed by atoms with E-state index in [0.717, 1.165) is 17.8 Å². The Kier molecular flexibility index (Phi) is 4.90. The highest BCUT2D eigenvalue weighted by Gasteiger charge is 2.09. The molecule has 0 radical (unpaired) electrons. The summed E-state index contributed by atoms with van der Waals surface area (Å²) in [5, 5.41) is 6.93. The van der Waals surface area contributed by atoms with Crippen LogP contribution < -0.4 is 11.1 Å². The third-order valence-electron chi connectivity index (χ3n) is 3.15. The minimum Gasteiger partial charge on any atom is -0.324 e. The molecule has 0 aliphatic carbocycles. The average Bonchev–Trinajstić information content (AvgIpc) is 2.93. The van der Waals surface area contributed by atoms with Crippen molar-refractivity contribution in [2.75, 3.05) is 5.32 Å². The van der Waals surface area contributed by atoms with Crippen molar-refractivity contribution in [3.8, 4) is 0 Å². The van der Waals surface area contributed by atoms with E-state index in [1.807, 2.05) is 43.5 Å². The molecule has 1 unspecified atom stereocenters. The van der Waals surface area contributed by atoms with Gasteiger partial charge in [-0.2, -0.15) is 5.10 Å². The standard InChI is InChI=1S/C15H20N4O/c1-2-19-11-13(10-17-19)18-15(20)9-8-14(16)12-6-4-3-5-7-12/h3-7,10-11,14H,2,8-9,16H2,1H3,(H,18,20). The number of benzene rings is 1. The fourth-order valence-corrected chi connectivity index (χ4v) is 1.98. The minimum atomic E-state index is -0.111. The van der Waals surface area contributed by atoms with Crippen LogP contribution in [-0.4, -0.2) is 15.7 Å². The van der Waals surface area contributed by atoms with Gasteiger partial charge in [0, 0.05) is 25.2 Å². The first-order chi connectivity index (χ1) is 9.69. The first-order valence-corrected chi connectivity index (χ1v) is 6.82. The summed E-state index contributed by atoms with van der Waals surface area (Å²) in [7, 11) is 0. The highest BCUT2D eigenvalue weighted by molar-refractivity contribution is 5.90. The van der Waals surface area contributed by atoms with E-state index in [9.17, 15) is 4.79 Å². The van der Waals surface area contributed by atoms with Crippen LogP contribution in [-0.2, 0) is 11.3 Å². The summed E-state index contributed by atoms with van der Waals surface area (Å²) in [6.07, 6.45) is 4.48. The number of nitrogens with zero attached hydrogens (tertiary/aromatic N) is 2. The van der Waals surface area contributed by atoms with Gasteiger partial charge in [-0.1, -0.05) is 30.3 Å². The first-order valence-electron chi connectivity index (χ1n) is 6.82. The van der Waals surface area contributed by atoms with Crippen LogP contribution in [0, 0.1) is 0 Å². The molecule has 3 N–H and O–H groups in total. The third kappa shape index (κ3) is 3.93. The van der Waals surface area contributed by atoms with Gasteiger partial charge in [0.15, 0.2) is 0 Å². The van der Waals surface area contributed by atoms with Crippen molar-refractivity contribution in [3.05, 3.63) is 48.3 Å². The average molecular weight is 272 g/mol. The number of carbonyl (C=O) groups is 1. The lowest BCUT2D eigenvalue weighted by atomic mass is 10.0. The molecule has 0 bridgehead atoms. The molecule has 0 spiro atoms. The van der Waals surface area contributed by atoms with Crippen molar-refractivity contribution >= 4 is 11.6 Å². The number of aromatic nitrogens is 2. The zero-order valence-corrected chi connectivity index (χ0v) is 11.6. The molecule has 2 aromatic rings. The molecule has 1 aromatic heterocycles. The Morgan fingerprint density at radius 2 is 2.15 bits per heavy atom. The van der Waals surface area contributed by atoms with Crippen LogP contribution in [0.25, 0.3) is 0 Å². The Labute approximate surface area is 118 Å². The van der Waals surface area contributed by atoms with Gasteiger partial charge in [0.05, 0.1) is 11.9 Å². The highest BCUT2D eigenvalue weighted by Crippen LogP contribution is 2.15. The predicted octanol–water partition coefficient (Wildman–Crippen LogP) is 2.32. The van der Waals surface area contributed by atoms with E-state index in [1.54, 1.807) is 10.9 Å². The topological polar surface area (TPSA) is 72.9 Å². The number of nitrogens with two attached hydrogens (primary N) is 1. The smallest absolute Gasteiger partial charge is 0.224 e. The predicted molar refractivity (Wildman–Crippen MR) is 79.1 cm³/mol. The number of carbonyl (C=O) groups excluding carboxylic acids is 1. The van der Waals surface area contributed by atoms with Crippen LogP contribution >= 0.6 is 0 Å². The molecule has 20 heavy (non-hydrogen) atoms. The van der Waals surface area contributed by atoms with Gasteiger partial charge in [0.25, 0.3) is 0 Å². The normalized spacial score (nSPS) is 12.1. The van der Waals surface area contributed by atoms with E-state index < -0.39 is 0 Å². The molecular formula is C15H20N4O. The fraction of sp³-hybridized carbons (Fsp3) is 0.333. The second-order valence-corrected chi connectivity index (χ2v) is 4.69. The van der Waals surface area contributed by atoms with Gasteiger partial charge < -0.3 is 11.1 Å². The summed E-state index contributed by atoms with van der Waals surface area (Å²) >= 11 is 0. The number of amides is 1. The highest BCUT2D eigenvalue weighted by atomic mass is 16.1. The lowest BCUT2D eigenvalue weighted by Crippen LogP contribution is -2.16. The Morgan fingerprint density at radius 3 is 2.80 bits per heavy atom. The van der Waals surface area contributed by atoms with Gasteiger partial charge in [0.2, 0.25) is 5.91 Å². The third-order valence-corrected chi connectivity index (χ3v) is 3.15. The number of aryl methyl sites for hydroxylation is 1. The van der Waals surface area contributed by atoms with Crippen LogP contribution in [0.1, 0.15) is 31.4 Å². The SMILES string of the molecule is CCn1cc(NC(=O)CCC(N)c2ccccc2)cn1. The van der Waals surface area contributed by atoms with Crippen molar-refractivity contribution < 1.29 is 4.79 Å². The summed E-state index contributed by atoms with van der Waals surface area (Å²) in [6, 6.07) is 9.71. The van der Waals surface area contributed by atoms with Crippen LogP contribution in [0.5, 0.6) is 0 Å². The van der Waals surface area contributed by atoms with Crippen LogP contribution in [0.3, 0.4) is 0 Å². The first kappa shape index (κ1) is 14.3. The van der Waals surface area contributed by atoms with Gasteiger partial charge in [-0.3, -0.25) is 9.48 Å². The van der Waals surface area contributed by atoms with Crippen molar-refractivity contribution in [1.29, 1.82) is 0 Å². The van der Waals surface area contributed by atoms with Gasteiger partial charge >= 0.3 is 0 Å². The van der Waals surface area contributed by atoms with E-state index in [-0.39, 0.29) is 11.9 Å². The Bertz CT molecular complexity index is 550. The molecule has 0 saturated heterocycles. The Balaban J connectivity index is 1.80. The molecular weight excluding hydrogens is 252 g/mol. The maximum Gasteiger partial charge on any atom is 0.224 e. The van der Waals surface area contributed by atoms with Crippen molar-refractivity contribution in [2.24, 2.45) is 5.73 Å². The molecule has 0 aliphatic rings. The maximum atomic E-state index is 11.8. The van der Waals surface area contributed by atoms with Gasteiger partial charge in [0.1, 0.15) is 0 Å². The Hall–Kier alpha value is -2.14. The van der Waals surface area contributed by atoms with E-state index in [2.05, 4.69) is 10.4 Å². The van der Waals surface area contributed by atoms with Crippen LogP contribution in [0.4, 0.5) is 5.69 Å². The van der Waals surface area contributed by atoms with Gasteiger partial charge in [-0.15, -0.1) is 0 Å². The molecule has 0 aliphatic heterocycles. The number of hydrogen-bond donors (Lipinski definition) is 2. The molecule has 1 aromatic carbocycles.